The summed E-state index contributed by atoms with van der Waals surface area (Å²) in [5, 5.41) is 12.5. The molecular weight excluding hydrogens is 444 g/mol. The molecule has 2 N–H and O–H groups in total. The lowest BCUT2D eigenvalue weighted by Crippen LogP contribution is -2.53. The van der Waals surface area contributed by atoms with E-state index in [-0.39, 0.29) is 30.3 Å². The van der Waals surface area contributed by atoms with Crippen LogP contribution in [0, 0.1) is 11.8 Å². The molecule has 2 fully saturated rings. The summed E-state index contributed by atoms with van der Waals surface area (Å²) in [6, 6.07) is 16.4. The van der Waals surface area contributed by atoms with E-state index in [0.29, 0.717) is 25.9 Å². The molecule has 7 nitrogen and oxygen atoms in total. The Kier molecular flexibility index (Phi) is 6.26. The number of carboxylic acids is 1. The normalized spacial score (nSPS) is 25.2. The number of nitrogens with zero attached hydrogens (tertiary/aromatic N) is 1. The zero-order valence-corrected chi connectivity index (χ0v) is 20.0. The Morgan fingerprint density at radius 3 is 2.34 bits per heavy atom. The fourth-order valence-electron chi connectivity index (χ4n) is 6.21. The summed E-state index contributed by atoms with van der Waals surface area (Å²) >= 11 is 0. The van der Waals surface area contributed by atoms with E-state index in [4.69, 9.17) is 4.74 Å². The first-order chi connectivity index (χ1) is 16.9. The Bertz CT molecular complexity index is 1100. The van der Waals surface area contributed by atoms with Gasteiger partial charge in [-0.05, 0) is 60.8 Å². The van der Waals surface area contributed by atoms with E-state index in [1.807, 2.05) is 24.3 Å². The molecule has 1 aliphatic heterocycles. The van der Waals surface area contributed by atoms with E-state index >= 15 is 0 Å². The number of alkyl carbamates (subject to hydrolysis) is 1. The molecule has 2 amide bonds. The summed E-state index contributed by atoms with van der Waals surface area (Å²) in [6.45, 7) is 2.71. The number of carbonyl (C=O) groups excluding carboxylic acids is 2. The van der Waals surface area contributed by atoms with Crippen molar-refractivity contribution in [2.24, 2.45) is 11.8 Å². The fraction of sp³-hybridized carbons (Fsp3) is 0.464. The smallest absolute Gasteiger partial charge is 0.407 e. The fourth-order valence-corrected chi connectivity index (χ4v) is 6.21. The van der Waals surface area contributed by atoms with Crippen LogP contribution in [-0.4, -0.2) is 53.2 Å². The van der Waals surface area contributed by atoms with Gasteiger partial charge in [0.2, 0.25) is 5.91 Å². The number of fused-ring (bicyclic) bond motifs is 3. The molecule has 1 saturated carbocycles. The van der Waals surface area contributed by atoms with Crippen LogP contribution in [0.2, 0.25) is 0 Å². The largest absolute Gasteiger partial charge is 0.480 e. The first-order valence-corrected chi connectivity index (χ1v) is 12.5. The number of ether oxygens (including phenoxy) is 1. The molecular formula is C28H32N2O5. The van der Waals surface area contributed by atoms with Crippen LogP contribution in [0.15, 0.2) is 48.5 Å². The first kappa shape index (κ1) is 23.4. The van der Waals surface area contributed by atoms with E-state index in [0.717, 1.165) is 30.4 Å². The van der Waals surface area contributed by atoms with Gasteiger partial charge in [0.25, 0.3) is 0 Å². The highest BCUT2D eigenvalue weighted by Gasteiger charge is 2.49. The molecule has 2 aromatic rings. The van der Waals surface area contributed by atoms with Crippen LogP contribution in [0.3, 0.4) is 0 Å². The Labute approximate surface area is 205 Å². The van der Waals surface area contributed by atoms with Crippen LogP contribution >= 0.6 is 0 Å². The average molecular weight is 477 g/mol. The molecule has 0 unspecified atom stereocenters. The van der Waals surface area contributed by atoms with Gasteiger partial charge >= 0.3 is 12.1 Å². The van der Waals surface area contributed by atoms with Crippen LogP contribution in [-0.2, 0) is 14.3 Å². The van der Waals surface area contributed by atoms with Gasteiger partial charge in [-0.2, -0.15) is 0 Å². The number of aliphatic carboxylic acids is 1. The van der Waals surface area contributed by atoms with Crippen molar-refractivity contribution in [1.82, 2.24) is 10.2 Å². The monoisotopic (exact) mass is 476 g/mol. The molecule has 0 spiro atoms. The van der Waals surface area contributed by atoms with Gasteiger partial charge in [-0.25, -0.2) is 9.59 Å². The summed E-state index contributed by atoms with van der Waals surface area (Å²) in [7, 11) is 0. The number of rotatable bonds is 6. The van der Waals surface area contributed by atoms with Gasteiger partial charge in [0.05, 0.1) is 0 Å². The predicted octanol–water partition coefficient (Wildman–Crippen LogP) is 4.41. The number of carboxylic acid groups (broad SMARTS) is 1. The van der Waals surface area contributed by atoms with Gasteiger partial charge in [-0.1, -0.05) is 55.0 Å². The third-order valence-corrected chi connectivity index (χ3v) is 8.20. The van der Waals surface area contributed by atoms with Gasteiger partial charge in [0, 0.05) is 24.9 Å². The van der Waals surface area contributed by atoms with Gasteiger partial charge < -0.3 is 20.1 Å². The molecule has 35 heavy (non-hydrogen) atoms. The SMILES string of the molecule is C[C@]1(C(=O)O)CCCN1C(=O)[C@@H]1CCC[C@@H]1CNC(=O)OCC1c2ccccc2-c2ccccc21. The third kappa shape index (κ3) is 4.17. The van der Waals surface area contributed by atoms with Crippen molar-refractivity contribution >= 4 is 18.0 Å². The summed E-state index contributed by atoms with van der Waals surface area (Å²) in [4.78, 5) is 39.2. The highest BCUT2D eigenvalue weighted by atomic mass is 16.5. The van der Waals surface area contributed by atoms with Gasteiger partial charge in [0.15, 0.2) is 0 Å². The average Bonchev–Trinajstić information content (AvgIpc) is 3.57. The number of hydrogen-bond acceptors (Lipinski definition) is 4. The van der Waals surface area contributed by atoms with E-state index in [9.17, 15) is 19.5 Å². The maximum atomic E-state index is 13.3. The van der Waals surface area contributed by atoms with Crippen LogP contribution in [0.5, 0.6) is 0 Å². The number of amides is 2. The first-order valence-electron chi connectivity index (χ1n) is 12.5. The second-order valence-electron chi connectivity index (χ2n) is 10.2. The number of carbonyl (C=O) groups is 3. The van der Waals surface area contributed by atoms with E-state index < -0.39 is 17.6 Å². The van der Waals surface area contributed by atoms with E-state index in [1.165, 1.54) is 11.1 Å². The van der Waals surface area contributed by atoms with Crippen molar-refractivity contribution in [3.63, 3.8) is 0 Å². The van der Waals surface area contributed by atoms with Gasteiger partial charge in [0.1, 0.15) is 12.1 Å². The van der Waals surface area contributed by atoms with Crippen molar-refractivity contribution < 1.29 is 24.2 Å². The highest BCUT2D eigenvalue weighted by molar-refractivity contribution is 5.89. The van der Waals surface area contributed by atoms with Crippen LogP contribution in [0.1, 0.15) is 56.1 Å². The zero-order chi connectivity index (χ0) is 24.6. The van der Waals surface area contributed by atoms with E-state index in [1.54, 1.807) is 11.8 Å². The molecule has 7 heteroatoms. The molecule has 2 aromatic carbocycles. The van der Waals surface area contributed by atoms with Crippen LogP contribution in [0.25, 0.3) is 11.1 Å². The minimum atomic E-state index is -1.13. The van der Waals surface area contributed by atoms with Crippen LogP contribution < -0.4 is 5.32 Å². The number of benzene rings is 2. The molecule has 3 atom stereocenters. The summed E-state index contributed by atoms with van der Waals surface area (Å²) < 4.78 is 5.64. The maximum absolute atomic E-state index is 13.3. The summed E-state index contributed by atoms with van der Waals surface area (Å²) in [5.41, 5.74) is 3.55. The highest BCUT2D eigenvalue weighted by Crippen LogP contribution is 2.44. The second kappa shape index (κ2) is 9.36. The Morgan fingerprint density at radius 2 is 1.69 bits per heavy atom. The third-order valence-electron chi connectivity index (χ3n) is 8.20. The molecule has 1 heterocycles. The molecule has 1 saturated heterocycles. The topological polar surface area (TPSA) is 95.9 Å². The van der Waals surface area contributed by atoms with Crippen molar-refractivity contribution in [1.29, 1.82) is 0 Å². The lowest BCUT2D eigenvalue weighted by molar-refractivity contribution is -0.157. The molecule has 2 aliphatic carbocycles. The minimum absolute atomic E-state index is 0.00202. The standard InChI is InChI=1S/C28H32N2O5/c1-28(26(32)33)14-7-15-30(28)25(31)19-13-6-8-18(19)16-29-27(34)35-17-24-22-11-4-2-9-20(22)21-10-3-5-12-23(21)24/h2-5,9-12,18-19,24H,6-8,13-17H2,1H3,(H,29,34)(H,32,33)/t18-,19-,28-/m1/s1. The quantitative estimate of drug-likeness (QED) is 0.644. The molecule has 5 rings (SSSR count). The zero-order valence-electron chi connectivity index (χ0n) is 20.0. The van der Waals surface area contributed by atoms with Crippen LogP contribution in [0.4, 0.5) is 4.79 Å². The minimum Gasteiger partial charge on any atom is -0.480 e. The predicted molar refractivity (Wildman–Crippen MR) is 131 cm³/mol. The maximum Gasteiger partial charge on any atom is 0.407 e. The Morgan fingerprint density at radius 1 is 1.03 bits per heavy atom. The number of nitrogens with one attached hydrogen (secondary N) is 1. The molecule has 0 bridgehead atoms. The number of hydrogen-bond donors (Lipinski definition) is 2. The summed E-state index contributed by atoms with van der Waals surface area (Å²) in [6.07, 6.45) is 3.14. The molecule has 0 aromatic heterocycles. The second-order valence-corrected chi connectivity index (χ2v) is 10.2. The molecule has 0 radical (unpaired) electrons. The van der Waals surface area contributed by atoms with Gasteiger partial charge in [-0.3, -0.25) is 4.79 Å². The lowest BCUT2D eigenvalue weighted by Gasteiger charge is -2.34. The van der Waals surface area contributed by atoms with Crippen molar-refractivity contribution in [3.05, 3.63) is 59.7 Å². The number of likely N-dealkylation sites (tertiary alicyclic amines) is 1. The van der Waals surface area contributed by atoms with Gasteiger partial charge in [-0.15, -0.1) is 0 Å². The van der Waals surface area contributed by atoms with E-state index in [2.05, 4.69) is 29.6 Å². The van der Waals surface area contributed by atoms with Crippen molar-refractivity contribution in [3.8, 4) is 11.1 Å². The van der Waals surface area contributed by atoms with Crippen molar-refractivity contribution in [2.45, 2.75) is 50.5 Å². The summed E-state index contributed by atoms with van der Waals surface area (Å²) in [5.74, 6) is -1.32. The Balaban J connectivity index is 1.18. The Hall–Kier alpha value is -3.35. The lowest BCUT2D eigenvalue weighted by atomic mass is 9.92. The van der Waals surface area contributed by atoms with Crippen molar-refractivity contribution in [2.75, 3.05) is 19.7 Å². The molecule has 3 aliphatic rings. The molecule has 184 valence electrons.